The normalized spacial score (nSPS) is 12.3. The molecule has 0 aliphatic rings. The number of aliphatic carboxylic acids is 1. The first-order valence-electron chi connectivity index (χ1n) is 5.37. The minimum atomic E-state index is -0.984. The van der Waals surface area contributed by atoms with Crippen LogP contribution in [-0.4, -0.2) is 28.2 Å². The Labute approximate surface area is 103 Å². The summed E-state index contributed by atoms with van der Waals surface area (Å²) >= 11 is 0. The molecule has 1 aromatic carbocycles. The van der Waals surface area contributed by atoms with Gasteiger partial charge in [0.1, 0.15) is 23.3 Å². The molecular formula is C12H13N3O3. The van der Waals surface area contributed by atoms with Gasteiger partial charge in [-0.05, 0) is 25.1 Å². The fourth-order valence-corrected chi connectivity index (χ4v) is 1.58. The van der Waals surface area contributed by atoms with Gasteiger partial charge < -0.3 is 15.6 Å². The summed E-state index contributed by atoms with van der Waals surface area (Å²) < 4.78 is 5.09. The molecule has 0 radical (unpaired) electrons. The van der Waals surface area contributed by atoms with Crippen molar-refractivity contribution in [2.75, 3.05) is 12.8 Å². The van der Waals surface area contributed by atoms with E-state index in [0.29, 0.717) is 16.7 Å². The summed E-state index contributed by atoms with van der Waals surface area (Å²) in [5, 5.41) is 9.59. The van der Waals surface area contributed by atoms with Gasteiger partial charge in [-0.15, -0.1) is 0 Å². The summed E-state index contributed by atoms with van der Waals surface area (Å²) in [7, 11) is 1.55. The second-order valence-corrected chi connectivity index (χ2v) is 3.91. The maximum atomic E-state index is 10.9. The van der Waals surface area contributed by atoms with Crippen LogP contribution in [0.5, 0.6) is 5.75 Å². The number of nitrogens with zero attached hydrogens (tertiary/aromatic N) is 2. The summed E-state index contributed by atoms with van der Waals surface area (Å²) in [6.07, 6.45) is 0. The van der Waals surface area contributed by atoms with Crippen LogP contribution >= 0.6 is 0 Å². The van der Waals surface area contributed by atoms with Crippen LogP contribution < -0.4 is 10.5 Å². The second-order valence-electron chi connectivity index (χ2n) is 3.91. The van der Waals surface area contributed by atoms with Crippen molar-refractivity contribution < 1.29 is 14.6 Å². The number of hydrogen-bond acceptors (Lipinski definition) is 5. The Kier molecular flexibility index (Phi) is 3.01. The van der Waals surface area contributed by atoms with Crippen LogP contribution in [0.1, 0.15) is 18.7 Å². The van der Waals surface area contributed by atoms with Crippen molar-refractivity contribution >= 4 is 22.7 Å². The standard InChI is InChI=1S/C12H13N3O3/c1-6(12(16)17)11-14-9-4-3-7(18-2)5-8(9)10(13)15-11/h3-6H,1-2H3,(H,16,17)(H2,13,14,15). The van der Waals surface area contributed by atoms with Crippen LogP contribution in [0.25, 0.3) is 10.9 Å². The lowest BCUT2D eigenvalue weighted by atomic mass is 10.1. The molecular weight excluding hydrogens is 234 g/mol. The molecule has 1 heterocycles. The minimum Gasteiger partial charge on any atom is -0.497 e. The van der Waals surface area contributed by atoms with Crippen molar-refractivity contribution in [1.29, 1.82) is 0 Å². The number of nitrogen functional groups attached to an aromatic ring is 1. The van der Waals surface area contributed by atoms with Crippen molar-refractivity contribution in [3.05, 3.63) is 24.0 Å². The molecule has 2 rings (SSSR count). The number of anilines is 1. The van der Waals surface area contributed by atoms with E-state index in [2.05, 4.69) is 9.97 Å². The van der Waals surface area contributed by atoms with Crippen molar-refractivity contribution in [2.24, 2.45) is 0 Å². The third kappa shape index (κ3) is 2.04. The first-order chi connectivity index (χ1) is 8.52. The van der Waals surface area contributed by atoms with Crippen LogP contribution in [0.2, 0.25) is 0 Å². The lowest BCUT2D eigenvalue weighted by Crippen LogP contribution is -2.12. The van der Waals surface area contributed by atoms with Crippen LogP contribution in [0.15, 0.2) is 18.2 Å². The number of methoxy groups -OCH3 is 1. The number of carboxylic acids is 1. The van der Waals surface area contributed by atoms with Crippen molar-refractivity contribution in [1.82, 2.24) is 9.97 Å². The maximum absolute atomic E-state index is 10.9. The summed E-state index contributed by atoms with van der Waals surface area (Å²) in [5.41, 5.74) is 6.42. The number of rotatable bonds is 3. The zero-order valence-electron chi connectivity index (χ0n) is 10.0. The van der Waals surface area contributed by atoms with Gasteiger partial charge >= 0.3 is 5.97 Å². The Balaban J connectivity index is 2.60. The lowest BCUT2D eigenvalue weighted by Gasteiger charge is -2.09. The second kappa shape index (κ2) is 4.48. The van der Waals surface area contributed by atoms with E-state index in [4.69, 9.17) is 15.6 Å². The zero-order chi connectivity index (χ0) is 13.3. The predicted molar refractivity (Wildman–Crippen MR) is 66.6 cm³/mol. The van der Waals surface area contributed by atoms with E-state index in [0.717, 1.165) is 0 Å². The molecule has 1 aromatic heterocycles. The zero-order valence-corrected chi connectivity index (χ0v) is 10.0. The topological polar surface area (TPSA) is 98.3 Å². The maximum Gasteiger partial charge on any atom is 0.313 e. The van der Waals surface area contributed by atoms with E-state index in [1.807, 2.05) is 0 Å². The smallest absolute Gasteiger partial charge is 0.313 e. The number of nitrogens with two attached hydrogens (primary N) is 1. The molecule has 0 aliphatic carbocycles. The molecule has 1 atom stereocenters. The molecule has 6 nitrogen and oxygen atoms in total. The number of hydrogen-bond donors (Lipinski definition) is 2. The van der Waals surface area contributed by atoms with E-state index in [-0.39, 0.29) is 11.6 Å². The fourth-order valence-electron chi connectivity index (χ4n) is 1.58. The third-order valence-electron chi connectivity index (χ3n) is 2.71. The molecule has 0 fully saturated rings. The Hall–Kier alpha value is -2.37. The van der Waals surface area contributed by atoms with Gasteiger partial charge in [0, 0.05) is 5.39 Å². The SMILES string of the molecule is COc1ccc2nc(C(C)C(=O)O)nc(N)c2c1. The van der Waals surface area contributed by atoms with Gasteiger partial charge in [-0.25, -0.2) is 9.97 Å². The Morgan fingerprint density at radius 3 is 2.78 bits per heavy atom. The summed E-state index contributed by atoms with van der Waals surface area (Å²) in [6.45, 7) is 1.52. The minimum absolute atomic E-state index is 0.206. The average molecular weight is 247 g/mol. The molecule has 0 bridgehead atoms. The molecule has 0 amide bonds. The molecule has 2 aromatic rings. The first-order valence-corrected chi connectivity index (χ1v) is 5.37. The molecule has 0 saturated heterocycles. The monoisotopic (exact) mass is 247 g/mol. The molecule has 18 heavy (non-hydrogen) atoms. The number of aromatic nitrogens is 2. The van der Waals surface area contributed by atoms with Crippen molar-refractivity contribution in [2.45, 2.75) is 12.8 Å². The molecule has 1 unspecified atom stereocenters. The number of ether oxygens (including phenoxy) is 1. The third-order valence-corrected chi connectivity index (χ3v) is 2.71. The molecule has 3 N–H and O–H groups in total. The summed E-state index contributed by atoms with van der Waals surface area (Å²) in [4.78, 5) is 19.1. The van der Waals surface area contributed by atoms with Crippen molar-refractivity contribution in [3.8, 4) is 5.75 Å². The van der Waals surface area contributed by atoms with E-state index in [9.17, 15) is 4.79 Å². The van der Waals surface area contributed by atoms with Crippen LogP contribution in [0, 0.1) is 0 Å². The van der Waals surface area contributed by atoms with Gasteiger partial charge in [-0.2, -0.15) is 0 Å². The number of benzene rings is 1. The van der Waals surface area contributed by atoms with E-state index < -0.39 is 11.9 Å². The molecule has 0 spiro atoms. The number of carboxylic acid groups (broad SMARTS) is 1. The fraction of sp³-hybridized carbons (Fsp3) is 0.250. The van der Waals surface area contributed by atoms with Crippen LogP contribution in [0.3, 0.4) is 0 Å². The van der Waals surface area contributed by atoms with Crippen LogP contribution in [0.4, 0.5) is 5.82 Å². The Morgan fingerprint density at radius 2 is 2.17 bits per heavy atom. The van der Waals surface area contributed by atoms with Gasteiger partial charge in [0.25, 0.3) is 0 Å². The van der Waals surface area contributed by atoms with E-state index >= 15 is 0 Å². The lowest BCUT2D eigenvalue weighted by molar-refractivity contribution is -0.138. The average Bonchev–Trinajstić information content (AvgIpc) is 2.37. The quantitative estimate of drug-likeness (QED) is 0.850. The number of carbonyl (C=O) groups is 1. The highest BCUT2D eigenvalue weighted by atomic mass is 16.5. The van der Waals surface area contributed by atoms with Crippen molar-refractivity contribution in [3.63, 3.8) is 0 Å². The highest BCUT2D eigenvalue weighted by molar-refractivity contribution is 5.89. The predicted octanol–water partition coefficient (Wildman–Crippen LogP) is 1.41. The van der Waals surface area contributed by atoms with E-state index in [1.54, 1.807) is 25.3 Å². The van der Waals surface area contributed by atoms with Gasteiger partial charge in [0.2, 0.25) is 0 Å². The summed E-state index contributed by atoms with van der Waals surface area (Å²) in [5.74, 6) is -0.669. The molecule has 0 aliphatic heterocycles. The van der Waals surface area contributed by atoms with E-state index in [1.165, 1.54) is 6.92 Å². The van der Waals surface area contributed by atoms with Gasteiger partial charge in [-0.1, -0.05) is 0 Å². The van der Waals surface area contributed by atoms with Crippen LogP contribution in [-0.2, 0) is 4.79 Å². The van der Waals surface area contributed by atoms with Gasteiger partial charge in [0.05, 0.1) is 12.6 Å². The van der Waals surface area contributed by atoms with Gasteiger partial charge in [-0.3, -0.25) is 4.79 Å². The van der Waals surface area contributed by atoms with Gasteiger partial charge in [0.15, 0.2) is 0 Å². The summed E-state index contributed by atoms with van der Waals surface area (Å²) in [6, 6.07) is 5.19. The molecule has 94 valence electrons. The molecule has 6 heteroatoms. The highest BCUT2D eigenvalue weighted by Crippen LogP contribution is 2.25. The molecule has 0 saturated carbocycles. The first kappa shape index (κ1) is 12.1. The Morgan fingerprint density at radius 1 is 1.44 bits per heavy atom. The highest BCUT2D eigenvalue weighted by Gasteiger charge is 2.18. The Bertz CT molecular complexity index is 613. The largest absolute Gasteiger partial charge is 0.497 e. The number of fused-ring (bicyclic) bond motifs is 1.